The van der Waals surface area contributed by atoms with Gasteiger partial charge in [0.25, 0.3) is 5.91 Å². The predicted octanol–water partition coefficient (Wildman–Crippen LogP) is 2.08. The first-order valence-corrected chi connectivity index (χ1v) is 6.45. The summed E-state index contributed by atoms with van der Waals surface area (Å²) in [6.45, 7) is 8.73. The number of nitrogens with zero attached hydrogens (tertiary/aromatic N) is 3. The van der Waals surface area contributed by atoms with Crippen LogP contribution in [-0.4, -0.2) is 33.7 Å². The van der Waals surface area contributed by atoms with Crippen LogP contribution in [0.5, 0.6) is 0 Å². The highest BCUT2D eigenvalue weighted by molar-refractivity contribution is 5.95. The molecule has 1 atom stereocenters. The molecule has 94 valence electrons. The number of hydrogen-bond donors (Lipinski definition) is 0. The molecule has 1 aliphatic rings. The molecule has 0 N–H and O–H groups in total. The Morgan fingerprint density at radius 3 is 2.94 bits per heavy atom. The molecule has 0 bridgehead atoms. The van der Waals surface area contributed by atoms with Crippen molar-refractivity contribution in [1.29, 1.82) is 0 Å². The van der Waals surface area contributed by atoms with Crippen molar-refractivity contribution in [3.8, 4) is 0 Å². The number of rotatable bonds is 2. The maximum Gasteiger partial charge on any atom is 0.257 e. The highest BCUT2D eigenvalue weighted by Crippen LogP contribution is 2.18. The second-order valence-electron chi connectivity index (χ2n) is 4.98. The minimum absolute atomic E-state index is 0.147. The highest BCUT2D eigenvalue weighted by Gasteiger charge is 2.24. The lowest BCUT2D eigenvalue weighted by Gasteiger charge is -2.30. The quantitative estimate of drug-likeness (QED) is 0.787. The molecule has 0 spiro atoms. The Kier molecular flexibility index (Phi) is 3.50. The SMILES string of the molecule is CCn1cc(C(=O)N2CCCC(C)C2)c(C)n1. The van der Waals surface area contributed by atoms with E-state index in [2.05, 4.69) is 12.0 Å². The summed E-state index contributed by atoms with van der Waals surface area (Å²) in [5.74, 6) is 0.767. The molecular formula is C13H21N3O. The van der Waals surface area contributed by atoms with Crippen molar-refractivity contribution in [2.24, 2.45) is 5.92 Å². The molecule has 1 amide bonds. The van der Waals surface area contributed by atoms with E-state index in [1.807, 2.05) is 29.6 Å². The van der Waals surface area contributed by atoms with Gasteiger partial charge >= 0.3 is 0 Å². The van der Waals surface area contributed by atoms with Crippen molar-refractivity contribution in [3.05, 3.63) is 17.5 Å². The van der Waals surface area contributed by atoms with Gasteiger partial charge in [-0.2, -0.15) is 5.10 Å². The van der Waals surface area contributed by atoms with Gasteiger partial charge in [0.2, 0.25) is 0 Å². The Bertz CT molecular complexity index is 411. The van der Waals surface area contributed by atoms with E-state index in [1.165, 1.54) is 6.42 Å². The normalized spacial score (nSPS) is 20.6. The van der Waals surface area contributed by atoms with E-state index in [0.29, 0.717) is 5.92 Å². The van der Waals surface area contributed by atoms with Gasteiger partial charge in [-0.25, -0.2) is 0 Å². The topological polar surface area (TPSA) is 38.1 Å². The molecule has 17 heavy (non-hydrogen) atoms. The van der Waals surface area contributed by atoms with Gasteiger partial charge in [-0.05, 0) is 32.6 Å². The largest absolute Gasteiger partial charge is 0.338 e. The van der Waals surface area contributed by atoms with Gasteiger partial charge in [-0.1, -0.05) is 6.92 Å². The summed E-state index contributed by atoms with van der Waals surface area (Å²) in [6, 6.07) is 0. The Morgan fingerprint density at radius 2 is 2.35 bits per heavy atom. The minimum Gasteiger partial charge on any atom is -0.338 e. The number of hydrogen-bond acceptors (Lipinski definition) is 2. The van der Waals surface area contributed by atoms with Crippen molar-refractivity contribution in [2.45, 2.75) is 40.2 Å². The molecule has 0 saturated carbocycles. The first kappa shape index (κ1) is 12.1. The van der Waals surface area contributed by atoms with Crippen LogP contribution in [0.3, 0.4) is 0 Å². The van der Waals surface area contributed by atoms with Crippen molar-refractivity contribution in [2.75, 3.05) is 13.1 Å². The van der Waals surface area contributed by atoms with Gasteiger partial charge in [0, 0.05) is 25.8 Å². The van der Waals surface area contributed by atoms with E-state index in [1.54, 1.807) is 0 Å². The molecule has 1 saturated heterocycles. The van der Waals surface area contributed by atoms with E-state index in [0.717, 1.165) is 37.3 Å². The van der Waals surface area contributed by atoms with Gasteiger partial charge in [-0.15, -0.1) is 0 Å². The predicted molar refractivity (Wildman–Crippen MR) is 66.9 cm³/mol. The van der Waals surface area contributed by atoms with Gasteiger partial charge in [0.1, 0.15) is 0 Å². The number of carbonyl (C=O) groups excluding carboxylic acids is 1. The first-order valence-electron chi connectivity index (χ1n) is 6.45. The number of likely N-dealkylation sites (tertiary alicyclic amines) is 1. The summed E-state index contributed by atoms with van der Waals surface area (Å²) in [5.41, 5.74) is 1.61. The van der Waals surface area contributed by atoms with Crippen LogP contribution in [0, 0.1) is 12.8 Å². The summed E-state index contributed by atoms with van der Waals surface area (Å²) in [7, 11) is 0. The lowest BCUT2D eigenvalue weighted by atomic mass is 9.99. The third-order valence-electron chi connectivity index (χ3n) is 3.44. The molecule has 1 aromatic heterocycles. The molecule has 1 aromatic rings. The zero-order valence-corrected chi connectivity index (χ0v) is 10.9. The van der Waals surface area contributed by atoms with E-state index in [4.69, 9.17) is 0 Å². The Hall–Kier alpha value is -1.32. The molecule has 1 unspecified atom stereocenters. The van der Waals surface area contributed by atoms with Crippen molar-refractivity contribution >= 4 is 5.91 Å². The van der Waals surface area contributed by atoms with E-state index in [9.17, 15) is 4.79 Å². The van der Waals surface area contributed by atoms with E-state index in [-0.39, 0.29) is 5.91 Å². The van der Waals surface area contributed by atoms with Gasteiger partial charge in [0.05, 0.1) is 11.3 Å². The average Bonchev–Trinajstić information content (AvgIpc) is 2.69. The summed E-state index contributed by atoms with van der Waals surface area (Å²) in [4.78, 5) is 14.3. The summed E-state index contributed by atoms with van der Waals surface area (Å²) in [6.07, 6.45) is 4.22. The second-order valence-corrected chi connectivity index (χ2v) is 4.98. The number of aromatic nitrogens is 2. The molecule has 2 rings (SSSR count). The Balaban J connectivity index is 2.15. The molecule has 1 aliphatic heterocycles. The molecular weight excluding hydrogens is 214 g/mol. The maximum absolute atomic E-state index is 12.4. The van der Waals surface area contributed by atoms with Crippen LogP contribution in [0.15, 0.2) is 6.20 Å². The second kappa shape index (κ2) is 4.90. The smallest absolute Gasteiger partial charge is 0.257 e. The standard InChI is InChI=1S/C13H21N3O/c1-4-16-9-12(11(3)14-16)13(17)15-7-5-6-10(2)8-15/h9-10H,4-8H2,1-3H3. The third kappa shape index (κ3) is 2.51. The van der Waals surface area contributed by atoms with Crippen LogP contribution < -0.4 is 0 Å². The number of piperidine rings is 1. The fourth-order valence-corrected chi connectivity index (χ4v) is 2.43. The number of carbonyl (C=O) groups is 1. The zero-order valence-electron chi connectivity index (χ0n) is 10.9. The molecule has 0 aromatic carbocycles. The van der Waals surface area contributed by atoms with Crippen LogP contribution in [0.4, 0.5) is 0 Å². The summed E-state index contributed by atoms with van der Waals surface area (Å²) in [5, 5.41) is 4.33. The number of aryl methyl sites for hydroxylation is 2. The van der Waals surface area contributed by atoms with Crippen molar-refractivity contribution < 1.29 is 4.79 Å². The van der Waals surface area contributed by atoms with E-state index < -0.39 is 0 Å². The third-order valence-corrected chi connectivity index (χ3v) is 3.44. The van der Waals surface area contributed by atoms with Crippen LogP contribution in [-0.2, 0) is 6.54 Å². The summed E-state index contributed by atoms with van der Waals surface area (Å²) < 4.78 is 1.83. The molecule has 4 heteroatoms. The zero-order chi connectivity index (χ0) is 12.4. The van der Waals surface area contributed by atoms with Crippen LogP contribution >= 0.6 is 0 Å². The monoisotopic (exact) mass is 235 g/mol. The fraction of sp³-hybridized carbons (Fsp3) is 0.692. The van der Waals surface area contributed by atoms with Gasteiger partial charge in [0.15, 0.2) is 0 Å². The molecule has 0 aliphatic carbocycles. The molecule has 2 heterocycles. The average molecular weight is 235 g/mol. The minimum atomic E-state index is 0.147. The molecule has 4 nitrogen and oxygen atoms in total. The Labute approximate surface area is 103 Å². The van der Waals surface area contributed by atoms with Gasteiger partial charge < -0.3 is 4.90 Å². The maximum atomic E-state index is 12.4. The Morgan fingerprint density at radius 1 is 1.59 bits per heavy atom. The van der Waals surface area contributed by atoms with Crippen LogP contribution in [0.2, 0.25) is 0 Å². The van der Waals surface area contributed by atoms with Crippen LogP contribution in [0.1, 0.15) is 42.7 Å². The fourth-order valence-electron chi connectivity index (χ4n) is 2.43. The molecule has 1 fully saturated rings. The summed E-state index contributed by atoms with van der Waals surface area (Å²) >= 11 is 0. The van der Waals surface area contributed by atoms with Gasteiger partial charge in [-0.3, -0.25) is 9.48 Å². The van der Waals surface area contributed by atoms with Crippen molar-refractivity contribution in [1.82, 2.24) is 14.7 Å². The first-order chi connectivity index (χ1) is 8.11. The molecule has 0 radical (unpaired) electrons. The lowest BCUT2D eigenvalue weighted by molar-refractivity contribution is 0.0682. The van der Waals surface area contributed by atoms with Crippen molar-refractivity contribution in [3.63, 3.8) is 0 Å². The number of amides is 1. The van der Waals surface area contributed by atoms with Crippen LogP contribution in [0.25, 0.3) is 0 Å². The highest BCUT2D eigenvalue weighted by atomic mass is 16.2. The van der Waals surface area contributed by atoms with E-state index >= 15 is 0 Å². The lowest BCUT2D eigenvalue weighted by Crippen LogP contribution is -2.39.